The van der Waals surface area contributed by atoms with Crippen molar-refractivity contribution in [2.75, 3.05) is 13.1 Å². The average molecular weight is 266 g/mol. The number of benzene rings is 2. The third-order valence-corrected chi connectivity index (χ3v) is 2.93. The van der Waals surface area contributed by atoms with Crippen molar-refractivity contribution in [2.45, 2.75) is 6.04 Å². The normalized spacial score (nSPS) is 11.6. The van der Waals surface area contributed by atoms with Gasteiger partial charge >= 0.3 is 0 Å². The van der Waals surface area contributed by atoms with Crippen molar-refractivity contribution in [3.05, 3.63) is 60.2 Å². The Kier molecular flexibility index (Phi) is 5.19. The van der Waals surface area contributed by atoms with E-state index in [0.29, 0.717) is 13.1 Å². The fourth-order valence-electron chi connectivity index (χ4n) is 1.94. The molecule has 0 saturated carbocycles. The predicted octanol–water partition coefficient (Wildman–Crippen LogP) is 2.70. The van der Waals surface area contributed by atoms with Gasteiger partial charge in [0.05, 0.1) is 6.54 Å². The first-order chi connectivity index (χ1) is 9.83. The molecule has 0 aliphatic carbocycles. The topological polar surface area (TPSA) is 47.3 Å². The van der Waals surface area contributed by atoms with Gasteiger partial charge in [0.25, 0.3) is 0 Å². The Hall–Kier alpha value is -2.28. The summed E-state index contributed by atoms with van der Waals surface area (Å²) in [5.41, 5.74) is 6.84. The van der Waals surface area contributed by atoms with Gasteiger partial charge in [0.2, 0.25) is 0 Å². The molecule has 2 rings (SSSR count). The number of nitrogens with two attached hydrogens (primary N) is 1. The molecule has 0 aliphatic rings. The van der Waals surface area contributed by atoms with Gasteiger partial charge in [-0.05, 0) is 29.8 Å². The van der Waals surface area contributed by atoms with Crippen LogP contribution in [0.15, 0.2) is 54.6 Å². The molecule has 3 nitrogen and oxygen atoms in total. The van der Waals surface area contributed by atoms with E-state index in [2.05, 4.69) is 11.2 Å². The molecule has 1 atom stereocenters. The molecular formula is C17H18N2O. The highest BCUT2D eigenvalue weighted by Gasteiger charge is 2.09. The van der Waals surface area contributed by atoms with Gasteiger partial charge in [-0.15, -0.1) is 6.42 Å². The molecule has 0 fully saturated rings. The molecule has 2 aromatic rings. The van der Waals surface area contributed by atoms with Crippen LogP contribution in [0.1, 0.15) is 11.6 Å². The maximum Gasteiger partial charge on any atom is 0.127 e. The Morgan fingerprint density at radius 2 is 1.85 bits per heavy atom. The molecule has 2 aromatic carbocycles. The maximum absolute atomic E-state index is 5.81. The van der Waals surface area contributed by atoms with Crippen LogP contribution in [0.3, 0.4) is 0 Å². The first-order valence-corrected chi connectivity index (χ1v) is 6.53. The molecule has 0 bridgehead atoms. The number of para-hydroxylation sites is 1. The molecule has 0 radical (unpaired) electrons. The van der Waals surface area contributed by atoms with E-state index in [1.165, 1.54) is 0 Å². The monoisotopic (exact) mass is 266 g/mol. The molecule has 0 heterocycles. The van der Waals surface area contributed by atoms with Crippen LogP contribution in [0.25, 0.3) is 0 Å². The molecule has 0 saturated heterocycles. The number of terminal acetylenes is 1. The van der Waals surface area contributed by atoms with Crippen LogP contribution in [0.5, 0.6) is 11.5 Å². The van der Waals surface area contributed by atoms with E-state index in [4.69, 9.17) is 16.9 Å². The molecular weight excluding hydrogens is 248 g/mol. The summed E-state index contributed by atoms with van der Waals surface area (Å²) in [5.74, 6) is 4.16. The zero-order valence-corrected chi connectivity index (χ0v) is 11.3. The summed E-state index contributed by atoms with van der Waals surface area (Å²) in [6.07, 6.45) is 5.26. The smallest absolute Gasteiger partial charge is 0.127 e. The van der Waals surface area contributed by atoms with Gasteiger partial charge in [0.15, 0.2) is 0 Å². The molecule has 20 heavy (non-hydrogen) atoms. The zero-order chi connectivity index (χ0) is 14.2. The van der Waals surface area contributed by atoms with E-state index in [9.17, 15) is 0 Å². The van der Waals surface area contributed by atoms with Gasteiger partial charge in [0, 0.05) is 12.6 Å². The Balaban J connectivity index is 2.13. The maximum atomic E-state index is 5.81. The van der Waals surface area contributed by atoms with Crippen molar-refractivity contribution in [1.29, 1.82) is 0 Å². The summed E-state index contributed by atoms with van der Waals surface area (Å²) in [5, 5.41) is 3.21. The van der Waals surface area contributed by atoms with Crippen LogP contribution < -0.4 is 15.8 Å². The minimum Gasteiger partial charge on any atom is -0.457 e. The summed E-state index contributed by atoms with van der Waals surface area (Å²) >= 11 is 0. The first kappa shape index (κ1) is 14.1. The molecule has 0 aromatic heterocycles. The quantitative estimate of drug-likeness (QED) is 0.790. The third kappa shape index (κ3) is 3.86. The van der Waals surface area contributed by atoms with Crippen molar-refractivity contribution in [2.24, 2.45) is 5.73 Å². The van der Waals surface area contributed by atoms with Crippen LogP contribution in [0.4, 0.5) is 0 Å². The second kappa shape index (κ2) is 7.34. The first-order valence-electron chi connectivity index (χ1n) is 6.53. The van der Waals surface area contributed by atoms with Crippen LogP contribution in [0, 0.1) is 12.3 Å². The van der Waals surface area contributed by atoms with Gasteiger partial charge in [-0.2, -0.15) is 0 Å². The SMILES string of the molecule is C#CCNC(CN)c1cccc(Oc2ccccc2)c1. The summed E-state index contributed by atoms with van der Waals surface area (Å²) < 4.78 is 5.81. The summed E-state index contributed by atoms with van der Waals surface area (Å²) in [6.45, 7) is 0.974. The zero-order valence-electron chi connectivity index (χ0n) is 11.3. The van der Waals surface area contributed by atoms with E-state index in [1.807, 2.05) is 54.6 Å². The molecule has 3 N–H and O–H groups in total. The van der Waals surface area contributed by atoms with E-state index in [0.717, 1.165) is 17.1 Å². The highest BCUT2D eigenvalue weighted by Crippen LogP contribution is 2.24. The van der Waals surface area contributed by atoms with Crippen molar-refractivity contribution in [1.82, 2.24) is 5.32 Å². The van der Waals surface area contributed by atoms with Crippen molar-refractivity contribution in [3.8, 4) is 23.8 Å². The van der Waals surface area contributed by atoms with Crippen molar-refractivity contribution < 1.29 is 4.74 Å². The van der Waals surface area contributed by atoms with E-state index in [1.54, 1.807) is 0 Å². The number of hydrogen-bond acceptors (Lipinski definition) is 3. The van der Waals surface area contributed by atoms with Crippen molar-refractivity contribution in [3.63, 3.8) is 0 Å². The second-order valence-corrected chi connectivity index (χ2v) is 4.36. The highest BCUT2D eigenvalue weighted by molar-refractivity contribution is 5.35. The standard InChI is InChI=1S/C17H18N2O/c1-2-11-19-17(13-18)14-7-6-10-16(12-14)20-15-8-4-3-5-9-15/h1,3-10,12,17,19H,11,13,18H2. The second-order valence-electron chi connectivity index (χ2n) is 4.36. The minimum atomic E-state index is 0.0328. The Labute approximate surface area is 119 Å². The lowest BCUT2D eigenvalue weighted by atomic mass is 10.1. The largest absolute Gasteiger partial charge is 0.457 e. The highest BCUT2D eigenvalue weighted by atomic mass is 16.5. The molecule has 0 aliphatic heterocycles. The number of hydrogen-bond donors (Lipinski definition) is 2. The fraction of sp³-hybridized carbons (Fsp3) is 0.176. The lowest BCUT2D eigenvalue weighted by Crippen LogP contribution is -2.28. The van der Waals surface area contributed by atoms with Gasteiger partial charge in [-0.25, -0.2) is 0 Å². The van der Waals surface area contributed by atoms with Crippen LogP contribution in [-0.4, -0.2) is 13.1 Å². The van der Waals surface area contributed by atoms with Gasteiger partial charge in [0.1, 0.15) is 11.5 Å². The lowest BCUT2D eigenvalue weighted by Gasteiger charge is -2.16. The van der Waals surface area contributed by atoms with Crippen molar-refractivity contribution >= 4 is 0 Å². The molecule has 3 heteroatoms. The lowest BCUT2D eigenvalue weighted by molar-refractivity contribution is 0.479. The Bertz CT molecular complexity index is 575. The average Bonchev–Trinajstić information content (AvgIpc) is 2.49. The van der Waals surface area contributed by atoms with Crippen LogP contribution in [-0.2, 0) is 0 Å². The van der Waals surface area contributed by atoms with Gasteiger partial charge in [-0.1, -0.05) is 36.3 Å². The van der Waals surface area contributed by atoms with Gasteiger partial charge < -0.3 is 10.5 Å². The Morgan fingerprint density at radius 3 is 2.55 bits per heavy atom. The van der Waals surface area contributed by atoms with Crippen LogP contribution in [0.2, 0.25) is 0 Å². The molecule has 1 unspecified atom stereocenters. The number of nitrogens with one attached hydrogen (secondary N) is 1. The predicted molar refractivity (Wildman–Crippen MR) is 81.6 cm³/mol. The molecule has 0 spiro atoms. The number of rotatable bonds is 6. The Morgan fingerprint density at radius 1 is 1.10 bits per heavy atom. The fourth-order valence-corrected chi connectivity index (χ4v) is 1.94. The van der Waals surface area contributed by atoms with Crippen LogP contribution >= 0.6 is 0 Å². The van der Waals surface area contributed by atoms with Gasteiger partial charge in [-0.3, -0.25) is 5.32 Å². The van der Waals surface area contributed by atoms with E-state index in [-0.39, 0.29) is 6.04 Å². The molecule has 102 valence electrons. The molecule has 0 amide bonds. The van der Waals surface area contributed by atoms with E-state index < -0.39 is 0 Å². The summed E-state index contributed by atoms with van der Waals surface area (Å²) in [6, 6.07) is 17.6. The summed E-state index contributed by atoms with van der Waals surface area (Å²) in [7, 11) is 0. The van der Waals surface area contributed by atoms with E-state index >= 15 is 0 Å². The summed E-state index contributed by atoms with van der Waals surface area (Å²) in [4.78, 5) is 0. The number of ether oxygens (including phenoxy) is 1. The third-order valence-electron chi connectivity index (χ3n) is 2.93. The minimum absolute atomic E-state index is 0.0328.